The molecule has 2 heterocycles. The minimum Gasteiger partial charge on any atom is -0.465 e. The second kappa shape index (κ2) is 8.43. The van der Waals surface area contributed by atoms with Crippen LogP contribution in [-0.4, -0.2) is 43.1 Å². The third-order valence-corrected chi connectivity index (χ3v) is 5.28. The highest BCUT2D eigenvalue weighted by Crippen LogP contribution is 2.30. The Bertz CT molecular complexity index is 1370. The van der Waals surface area contributed by atoms with Crippen LogP contribution in [0.4, 0.5) is 0 Å². The summed E-state index contributed by atoms with van der Waals surface area (Å²) < 4.78 is 7.71. The summed E-state index contributed by atoms with van der Waals surface area (Å²) in [6.07, 6.45) is 0.855. The van der Waals surface area contributed by atoms with Crippen LogP contribution < -0.4 is 4.74 Å². The number of H-pyrrole nitrogens is 1. The number of tetrazole rings is 1. The van der Waals surface area contributed by atoms with Crippen molar-refractivity contribution in [3.8, 4) is 28.5 Å². The van der Waals surface area contributed by atoms with E-state index in [2.05, 4.69) is 49.9 Å². The van der Waals surface area contributed by atoms with Crippen molar-refractivity contribution in [2.24, 2.45) is 0 Å². The van der Waals surface area contributed by atoms with Gasteiger partial charge in [-0.3, -0.25) is 9.36 Å². The third kappa shape index (κ3) is 3.51. The molecule has 8 heteroatoms. The smallest absolute Gasteiger partial charge is 0.297 e. The highest BCUT2D eigenvalue weighted by atomic mass is 16.5. The number of aldehydes is 1. The average molecular weight is 424 g/mol. The molecule has 0 aliphatic carbocycles. The van der Waals surface area contributed by atoms with Gasteiger partial charge in [0, 0.05) is 11.1 Å². The first kappa shape index (κ1) is 19.6. The molecule has 1 N–H and O–H groups in total. The van der Waals surface area contributed by atoms with Gasteiger partial charge in [-0.2, -0.15) is 10.2 Å². The lowest BCUT2D eigenvalue weighted by Crippen LogP contribution is -2.06. The summed E-state index contributed by atoms with van der Waals surface area (Å²) in [5.74, 6) is 0.553. The Morgan fingerprint density at radius 3 is 2.53 bits per heavy atom. The van der Waals surface area contributed by atoms with Crippen LogP contribution in [0.15, 0.2) is 66.7 Å². The maximum atomic E-state index is 11.6. The number of rotatable bonds is 7. The molecule has 0 aliphatic heterocycles. The summed E-state index contributed by atoms with van der Waals surface area (Å²) in [4.78, 5) is 16.2. The zero-order valence-corrected chi connectivity index (χ0v) is 17.4. The molecule has 0 atom stereocenters. The van der Waals surface area contributed by atoms with Gasteiger partial charge in [0.1, 0.15) is 0 Å². The number of fused-ring (bicyclic) bond motifs is 1. The van der Waals surface area contributed by atoms with Crippen LogP contribution in [0.5, 0.6) is 6.01 Å². The van der Waals surface area contributed by atoms with Gasteiger partial charge in [0.15, 0.2) is 6.29 Å². The summed E-state index contributed by atoms with van der Waals surface area (Å²) >= 11 is 0. The molecule has 3 aromatic carbocycles. The Balaban J connectivity index is 1.51. The van der Waals surface area contributed by atoms with Gasteiger partial charge in [0.25, 0.3) is 6.01 Å². The van der Waals surface area contributed by atoms with Gasteiger partial charge in [-0.1, -0.05) is 54.6 Å². The summed E-state index contributed by atoms with van der Waals surface area (Å²) in [6, 6.07) is 22.2. The number of ether oxygens (including phenoxy) is 1. The van der Waals surface area contributed by atoms with Crippen LogP contribution in [0.25, 0.3) is 33.5 Å². The second-order valence-electron chi connectivity index (χ2n) is 7.22. The van der Waals surface area contributed by atoms with Crippen LogP contribution in [0, 0.1) is 0 Å². The standard InChI is InChI=1S/C24H20N6O2/c1-2-32-24-25-21-9-5-6-18(15-31)22(21)30(24)14-16-10-12-17(13-11-16)19-7-3-4-8-20(19)23-26-28-29-27-23/h3-13,15H,2,14H2,1H3,(H,26,27,28,29). The lowest BCUT2D eigenvalue weighted by molar-refractivity contribution is 0.112. The SMILES string of the molecule is CCOc1nc2cccc(C=O)c2n1Cc1ccc(-c2ccccc2-c2nn[nH]n2)cc1. The Labute approximate surface area is 183 Å². The molecule has 0 amide bonds. The van der Waals surface area contributed by atoms with E-state index < -0.39 is 0 Å². The summed E-state index contributed by atoms with van der Waals surface area (Å²) in [6.45, 7) is 2.94. The molecule has 158 valence electrons. The molecule has 8 nitrogen and oxygen atoms in total. The number of benzene rings is 3. The molecule has 0 fully saturated rings. The first-order valence-electron chi connectivity index (χ1n) is 10.3. The predicted octanol–water partition coefficient (Wildman–Crippen LogP) is 4.14. The van der Waals surface area contributed by atoms with Crippen molar-refractivity contribution in [1.29, 1.82) is 0 Å². The molecule has 32 heavy (non-hydrogen) atoms. The zero-order chi connectivity index (χ0) is 21.9. The van der Waals surface area contributed by atoms with Gasteiger partial charge in [-0.15, -0.1) is 10.2 Å². The van der Waals surface area contributed by atoms with E-state index in [0.29, 0.717) is 30.5 Å². The summed E-state index contributed by atoms with van der Waals surface area (Å²) in [5, 5.41) is 14.4. The van der Waals surface area contributed by atoms with Gasteiger partial charge in [0.05, 0.1) is 24.2 Å². The van der Waals surface area contributed by atoms with Crippen molar-refractivity contribution in [2.45, 2.75) is 13.5 Å². The summed E-state index contributed by atoms with van der Waals surface area (Å²) in [7, 11) is 0. The molecule has 0 aliphatic rings. The van der Waals surface area contributed by atoms with E-state index in [0.717, 1.165) is 39.6 Å². The number of hydrogen-bond donors (Lipinski definition) is 1. The molecule has 5 rings (SSSR count). The fourth-order valence-electron chi connectivity index (χ4n) is 3.85. The van der Waals surface area contributed by atoms with E-state index in [1.807, 2.05) is 47.9 Å². The number of hydrogen-bond acceptors (Lipinski definition) is 6. The minimum absolute atomic E-state index is 0.492. The van der Waals surface area contributed by atoms with E-state index in [4.69, 9.17) is 4.74 Å². The molecule has 0 bridgehead atoms. The molecular formula is C24H20N6O2. The number of aromatic nitrogens is 6. The normalized spacial score (nSPS) is 11.0. The molecular weight excluding hydrogens is 404 g/mol. The van der Waals surface area contributed by atoms with Crippen LogP contribution >= 0.6 is 0 Å². The van der Waals surface area contributed by atoms with Crippen molar-refractivity contribution in [1.82, 2.24) is 30.2 Å². The highest BCUT2D eigenvalue weighted by molar-refractivity contribution is 5.95. The Morgan fingerprint density at radius 2 is 1.81 bits per heavy atom. The van der Waals surface area contributed by atoms with Crippen LogP contribution in [-0.2, 0) is 6.54 Å². The molecule has 0 saturated carbocycles. The van der Waals surface area contributed by atoms with E-state index in [1.165, 1.54) is 0 Å². The van der Waals surface area contributed by atoms with E-state index in [9.17, 15) is 4.79 Å². The van der Waals surface area contributed by atoms with Crippen molar-refractivity contribution >= 4 is 17.3 Å². The van der Waals surface area contributed by atoms with Crippen molar-refractivity contribution in [3.05, 3.63) is 77.9 Å². The van der Waals surface area contributed by atoms with Crippen LogP contribution in [0.2, 0.25) is 0 Å². The number of carbonyl (C=O) groups is 1. The van der Waals surface area contributed by atoms with Gasteiger partial charge >= 0.3 is 0 Å². The largest absolute Gasteiger partial charge is 0.465 e. The Kier molecular flexibility index (Phi) is 5.17. The fraction of sp³-hybridized carbons (Fsp3) is 0.125. The van der Waals surface area contributed by atoms with Crippen LogP contribution in [0.1, 0.15) is 22.8 Å². The topological polar surface area (TPSA) is 98.6 Å². The number of nitrogens with zero attached hydrogens (tertiary/aromatic N) is 5. The number of nitrogens with one attached hydrogen (secondary N) is 1. The quantitative estimate of drug-likeness (QED) is 0.394. The van der Waals surface area contributed by atoms with Gasteiger partial charge in [0.2, 0.25) is 5.82 Å². The molecule has 0 unspecified atom stereocenters. The maximum absolute atomic E-state index is 11.6. The second-order valence-corrected chi connectivity index (χ2v) is 7.22. The fourth-order valence-corrected chi connectivity index (χ4v) is 3.85. The first-order chi connectivity index (χ1) is 15.8. The third-order valence-electron chi connectivity index (χ3n) is 5.28. The van der Waals surface area contributed by atoms with Crippen molar-refractivity contribution in [3.63, 3.8) is 0 Å². The van der Waals surface area contributed by atoms with E-state index >= 15 is 0 Å². The Morgan fingerprint density at radius 1 is 1.00 bits per heavy atom. The first-order valence-corrected chi connectivity index (χ1v) is 10.3. The van der Waals surface area contributed by atoms with Gasteiger partial charge < -0.3 is 4.74 Å². The molecule has 0 saturated heterocycles. The molecule has 0 radical (unpaired) electrons. The monoisotopic (exact) mass is 424 g/mol. The molecule has 5 aromatic rings. The van der Waals surface area contributed by atoms with E-state index in [1.54, 1.807) is 6.07 Å². The van der Waals surface area contributed by atoms with Crippen molar-refractivity contribution < 1.29 is 9.53 Å². The highest BCUT2D eigenvalue weighted by Gasteiger charge is 2.16. The van der Waals surface area contributed by atoms with E-state index in [-0.39, 0.29) is 0 Å². The summed E-state index contributed by atoms with van der Waals surface area (Å²) in [5.41, 5.74) is 6.14. The van der Waals surface area contributed by atoms with Crippen molar-refractivity contribution in [2.75, 3.05) is 6.61 Å². The Hall–Kier alpha value is -4.33. The van der Waals surface area contributed by atoms with Gasteiger partial charge in [-0.05, 0) is 41.0 Å². The number of carbonyl (C=O) groups excluding carboxylic acids is 1. The molecule has 0 spiro atoms. The average Bonchev–Trinajstić information content (AvgIpc) is 3.49. The molecule has 2 aromatic heterocycles. The lowest BCUT2D eigenvalue weighted by Gasteiger charge is -2.11. The minimum atomic E-state index is 0.492. The number of aromatic amines is 1. The maximum Gasteiger partial charge on any atom is 0.297 e. The van der Waals surface area contributed by atoms with Gasteiger partial charge in [-0.25, -0.2) is 0 Å². The number of imidazole rings is 1. The zero-order valence-electron chi connectivity index (χ0n) is 17.4. The number of para-hydroxylation sites is 1. The lowest BCUT2D eigenvalue weighted by atomic mass is 9.98. The predicted molar refractivity (Wildman–Crippen MR) is 120 cm³/mol. The van der Waals surface area contributed by atoms with Crippen LogP contribution in [0.3, 0.4) is 0 Å².